The molecule has 0 bridgehead atoms. The zero-order valence-corrected chi connectivity index (χ0v) is 8.01. The second kappa shape index (κ2) is 3.57. The van der Waals surface area contributed by atoms with E-state index in [0.29, 0.717) is 6.04 Å². The first kappa shape index (κ1) is 9.05. The van der Waals surface area contributed by atoms with Crippen LogP contribution in [0.25, 0.3) is 0 Å². The van der Waals surface area contributed by atoms with E-state index in [4.69, 9.17) is 5.73 Å². The van der Waals surface area contributed by atoms with Gasteiger partial charge in [-0.2, -0.15) is 0 Å². The van der Waals surface area contributed by atoms with Crippen LogP contribution in [0.2, 0.25) is 0 Å². The van der Waals surface area contributed by atoms with Crippen LogP contribution < -0.4 is 5.73 Å². The van der Waals surface area contributed by atoms with Crippen LogP contribution in [-0.2, 0) is 0 Å². The van der Waals surface area contributed by atoms with E-state index in [0.717, 1.165) is 17.8 Å². The summed E-state index contributed by atoms with van der Waals surface area (Å²) in [6, 6.07) is 0.471. The fourth-order valence-corrected chi connectivity index (χ4v) is 2.28. The molecule has 66 valence electrons. The number of hydrogen-bond acceptors (Lipinski definition) is 1. The van der Waals surface area contributed by atoms with Crippen molar-refractivity contribution in [2.45, 2.75) is 46.1 Å². The van der Waals surface area contributed by atoms with Crippen LogP contribution in [0.15, 0.2) is 0 Å². The molecule has 0 saturated heterocycles. The zero-order chi connectivity index (χ0) is 8.43. The summed E-state index contributed by atoms with van der Waals surface area (Å²) in [6.07, 6.45) is 3.97. The molecular formula is C10H21N. The van der Waals surface area contributed by atoms with Gasteiger partial charge in [0.2, 0.25) is 0 Å². The van der Waals surface area contributed by atoms with E-state index in [1.54, 1.807) is 0 Å². The summed E-state index contributed by atoms with van der Waals surface area (Å²) < 4.78 is 0. The molecule has 1 aliphatic carbocycles. The lowest BCUT2D eigenvalue weighted by atomic mass is 9.74. The largest absolute Gasteiger partial charge is 0.327 e. The summed E-state index contributed by atoms with van der Waals surface area (Å²) >= 11 is 0. The van der Waals surface area contributed by atoms with Gasteiger partial charge in [-0.05, 0) is 30.6 Å². The summed E-state index contributed by atoms with van der Waals surface area (Å²) in [5.74, 6) is 2.42. The molecule has 0 aromatic rings. The van der Waals surface area contributed by atoms with Gasteiger partial charge in [0, 0.05) is 6.04 Å². The van der Waals surface area contributed by atoms with Gasteiger partial charge in [-0.25, -0.2) is 0 Å². The van der Waals surface area contributed by atoms with Gasteiger partial charge in [-0.3, -0.25) is 0 Å². The number of hydrogen-bond donors (Lipinski definition) is 1. The average molecular weight is 155 g/mol. The van der Waals surface area contributed by atoms with E-state index >= 15 is 0 Å². The zero-order valence-electron chi connectivity index (χ0n) is 8.01. The third-order valence-electron chi connectivity index (χ3n) is 3.07. The Morgan fingerprint density at radius 2 is 1.91 bits per heavy atom. The van der Waals surface area contributed by atoms with Crippen LogP contribution in [-0.4, -0.2) is 6.04 Å². The Balaban J connectivity index is 2.44. The van der Waals surface area contributed by atoms with E-state index in [1.807, 2.05) is 0 Å². The predicted octanol–water partition coefficient (Wildman–Crippen LogP) is 2.41. The lowest BCUT2D eigenvalue weighted by Crippen LogP contribution is -2.38. The maximum absolute atomic E-state index is 6.07. The third-order valence-corrected chi connectivity index (χ3v) is 3.07. The molecule has 2 N–H and O–H groups in total. The maximum atomic E-state index is 6.07. The van der Waals surface area contributed by atoms with Gasteiger partial charge >= 0.3 is 0 Å². The quantitative estimate of drug-likeness (QED) is 0.618. The molecule has 1 fully saturated rings. The molecule has 1 aliphatic rings. The highest BCUT2D eigenvalue weighted by Gasteiger charge is 2.27. The van der Waals surface area contributed by atoms with Crippen LogP contribution >= 0.6 is 0 Å². The Morgan fingerprint density at radius 1 is 1.27 bits per heavy atom. The number of rotatable bonds is 1. The molecule has 0 heterocycles. The van der Waals surface area contributed by atoms with Gasteiger partial charge in [-0.1, -0.05) is 27.2 Å². The first-order valence-corrected chi connectivity index (χ1v) is 4.87. The topological polar surface area (TPSA) is 26.0 Å². The van der Waals surface area contributed by atoms with Gasteiger partial charge < -0.3 is 5.73 Å². The maximum Gasteiger partial charge on any atom is 0.00721 e. The summed E-state index contributed by atoms with van der Waals surface area (Å²) in [7, 11) is 0. The highest BCUT2D eigenvalue weighted by Crippen LogP contribution is 2.31. The summed E-state index contributed by atoms with van der Waals surface area (Å²) in [6.45, 7) is 6.90. The van der Waals surface area contributed by atoms with E-state index < -0.39 is 0 Å². The number of nitrogens with two attached hydrogens (primary N) is 1. The van der Waals surface area contributed by atoms with Crippen molar-refractivity contribution in [1.82, 2.24) is 0 Å². The van der Waals surface area contributed by atoms with Crippen LogP contribution in [0.4, 0.5) is 0 Å². The minimum atomic E-state index is 0.471. The fourth-order valence-electron chi connectivity index (χ4n) is 2.28. The standard InChI is InChI=1S/C10H21N/c1-7(2)9-5-4-8(3)6-10(9)11/h7-10H,4-6,11H2,1-3H3/t8-,9+,10?/m1/s1. The molecule has 0 aromatic carbocycles. The van der Waals surface area contributed by atoms with Crippen molar-refractivity contribution in [3.8, 4) is 0 Å². The SMILES string of the molecule is CC(C)[C@@H]1CC[C@@H](C)CC1N. The van der Waals surface area contributed by atoms with Crippen LogP contribution in [0.1, 0.15) is 40.0 Å². The summed E-state index contributed by atoms with van der Waals surface area (Å²) in [5.41, 5.74) is 6.07. The minimum absolute atomic E-state index is 0.471. The lowest BCUT2D eigenvalue weighted by molar-refractivity contribution is 0.199. The first-order valence-electron chi connectivity index (χ1n) is 4.87. The third kappa shape index (κ3) is 2.19. The van der Waals surface area contributed by atoms with Crippen LogP contribution in [0.3, 0.4) is 0 Å². The molecule has 0 spiro atoms. The molecule has 1 saturated carbocycles. The molecule has 1 nitrogen and oxygen atoms in total. The predicted molar refractivity (Wildman–Crippen MR) is 49.3 cm³/mol. The Labute approximate surface area is 70.4 Å². The monoisotopic (exact) mass is 155 g/mol. The van der Waals surface area contributed by atoms with Gasteiger partial charge in [-0.15, -0.1) is 0 Å². The second-order valence-electron chi connectivity index (χ2n) is 4.49. The smallest absolute Gasteiger partial charge is 0.00721 e. The molecule has 0 radical (unpaired) electrons. The van der Waals surface area contributed by atoms with Crippen molar-refractivity contribution in [2.24, 2.45) is 23.5 Å². The highest BCUT2D eigenvalue weighted by atomic mass is 14.7. The van der Waals surface area contributed by atoms with Crippen molar-refractivity contribution in [2.75, 3.05) is 0 Å². The van der Waals surface area contributed by atoms with Crippen molar-refractivity contribution in [3.05, 3.63) is 0 Å². The minimum Gasteiger partial charge on any atom is -0.327 e. The Bertz CT molecular complexity index is 120. The molecule has 1 rings (SSSR count). The average Bonchev–Trinajstić information content (AvgIpc) is 1.85. The molecule has 3 atom stereocenters. The Kier molecular flexibility index (Phi) is 2.94. The molecular weight excluding hydrogens is 134 g/mol. The van der Waals surface area contributed by atoms with Crippen LogP contribution in [0.5, 0.6) is 0 Å². The van der Waals surface area contributed by atoms with Gasteiger partial charge in [0.25, 0.3) is 0 Å². The van der Waals surface area contributed by atoms with Gasteiger partial charge in [0.05, 0.1) is 0 Å². The molecule has 0 aliphatic heterocycles. The fraction of sp³-hybridized carbons (Fsp3) is 1.00. The molecule has 0 amide bonds. The van der Waals surface area contributed by atoms with Crippen molar-refractivity contribution in [1.29, 1.82) is 0 Å². The molecule has 11 heavy (non-hydrogen) atoms. The van der Waals surface area contributed by atoms with E-state index in [-0.39, 0.29) is 0 Å². The summed E-state index contributed by atoms with van der Waals surface area (Å²) in [5, 5.41) is 0. The van der Waals surface area contributed by atoms with E-state index in [2.05, 4.69) is 20.8 Å². The second-order valence-corrected chi connectivity index (χ2v) is 4.49. The molecule has 0 aromatic heterocycles. The van der Waals surface area contributed by atoms with Gasteiger partial charge in [0.15, 0.2) is 0 Å². The van der Waals surface area contributed by atoms with Gasteiger partial charge in [0.1, 0.15) is 0 Å². The molecule has 1 unspecified atom stereocenters. The summed E-state index contributed by atoms with van der Waals surface area (Å²) in [4.78, 5) is 0. The van der Waals surface area contributed by atoms with E-state index in [1.165, 1.54) is 19.3 Å². The normalized spacial score (nSPS) is 39.5. The van der Waals surface area contributed by atoms with Crippen molar-refractivity contribution >= 4 is 0 Å². The lowest BCUT2D eigenvalue weighted by Gasteiger charge is -2.34. The van der Waals surface area contributed by atoms with Crippen molar-refractivity contribution in [3.63, 3.8) is 0 Å². The van der Waals surface area contributed by atoms with Crippen molar-refractivity contribution < 1.29 is 0 Å². The van der Waals surface area contributed by atoms with Crippen LogP contribution in [0, 0.1) is 17.8 Å². The Morgan fingerprint density at radius 3 is 2.36 bits per heavy atom. The highest BCUT2D eigenvalue weighted by molar-refractivity contribution is 4.82. The first-order chi connectivity index (χ1) is 5.11. The van der Waals surface area contributed by atoms with E-state index in [9.17, 15) is 0 Å². The molecule has 1 heteroatoms. The Hall–Kier alpha value is -0.0400.